The maximum Gasteiger partial charge on any atom is 0.156 e. The molecular weight excluding hydrogens is 115 g/mol. The molecule has 0 fully saturated rings. The number of rotatable bonds is 5. The van der Waals surface area contributed by atoms with Crippen molar-refractivity contribution in [2.24, 2.45) is 0 Å². The second-order valence-corrected chi connectivity index (χ2v) is 1.83. The van der Waals surface area contributed by atoms with Crippen molar-refractivity contribution in [2.45, 2.75) is 25.5 Å². The molecular formula is C6H13BO2. The Hall–Kier alpha value is -0.0151. The Balaban J connectivity index is 3.09. The zero-order valence-electron chi connectivity index (χ0n) is 6.09. The van der Waals surface area contributed by atoms with Gasteiger partial charge in [-0.3, -0.25) is 0 Å². The Kier molecular flexibility index (Phi) is 6.10. The van der Waals surface area contributed by atoms with E-state index in [9.17, 15) is 0 Å². The van der Waals surface area contributed by atoms with Gasteiger partial charge in [-0.2, -0.15) is 0 Å². The third-order valence-corrected chi connectivity index (χ3v) is 1.17. The maximum atomic E-state index is 5.28. The fourth-order valence-corrected chi connectivity index (χ4v) is 0.616. The lowest BCUT2D eigenvalue weighted by Crippen LogP contribution is -2.12. The van der Waals surface area contributed by atoms with Crippen LogP contribution < -0.4 is 0 Å². The van der Waals surface area contributed by atoms with Crippen molar-refractivity contribution in [3.05, 3.63) is 0 Å². The Labute approximate surface area is 57.9 Å². The summed E-state index contributed by atoms with van der Waals surface area (Å²) in [7, 11) is 8.53. The van der Waals surface area contributed by atoms with Gasteiger partial charge in [-0.05, 0) is 6.42 Å². The lowest BCUT2D eigenvalue weighted by molar-refractivity contribution is -0.106. The summed E-state index contributed by atoms with van der Waals surface area (Å²) in [4.78, 5) is 0. The van der Waals surface area contributed by atoms with Crippen LogP contribution in [0, 0.1) is 0 Å². The highest BCUT2D eigenvalue weighted by molar-refractivity contribution is 6.08. The van der Waals surface area contributed by atoms with Crippen LogP contribution in [0.2, 0.25) is 6.32 Å². The maximum absolute atomic E-state index is 5.28. The van der Waals surface area contributed by atoms with Crippen molar-refractivity contribution in [2.75, 3.05) is 14.2 Å². The predicted molar refractivity (Wildman–Crippen MR) is 37.6 cm³/mol. The smallest absolute Gasteiger partial charge is 0.156 e. The first-order chi connectivity index (χ1) is 4.35. The Bertz CT molecular complexity index is 55.0. The van der Waals surface area contributed by atoms with E-state index in [1.54, 1.807) is 14.2 Å². The molecule has 52 valence electrons. The third-order valence-electron chi connectivity index (χ3n) is 1.17. The van der Waals surface area contributed by atoms with Gasteiger partial charge in [-0.25, -0.2) is 0 Å². The van der Waals surface area contributed by atoms with Gasteiger partial charge in [-0.1, -0.05) is 12.7 Å². The SMILES string of the molecule is [B]CCCC(OC)OC. The van der Waals surface area contributed by atoms with Crippen LogP contribution in [0.15, 0.2) is 0 Å². The Morgan fingerprint density at radius 2 is 1.89 bits per heavy atom. The highest BCUT2D eigenvalue weighted by atomic mass is 16.7. The molecule has 2 radical (unpaired) electrons. The molecule has 0 spiro atoms. The van der Waals surface area contributed by atoms with Crippen molar-refractivity contribution in [3.8, 4) is 0 Å². The van der Waals surface area contributed by atoms with Gasteiger partial charge in [0, 0.05) is 14.2 Å². The molecule has 0 unspecified atom stereocenters. The summed E-state index contributed by atoms with van der Waals surface area (Å²) >= 11 is 0. The summed E-state index contributed by atoms with van der Waals surface area (Å²) in [6.45, 7) is 0. The summed E-state index contributed by atoms with van der Waals surface area (Å²) in [6.07, 6.45) is 2.45. The molecule has 0 aliphatic rings. The second-order valence-electron chi connectivity index (χ2n) is 1.83. The predicted octanol–water partition coefficient (Wildman–Crippen LogP) is 0.972. The van der Waals surface area contributed by atoms with E-state index in [4.69, 9.17) is 17.3 Å². The summed E-state index contributed by atoms with van der Waals surface area (Å²) in [6, 6.07) is 0. The molecule has 3 heteroatoms. The van der Waals surface area contributed by atoms with E-state index in [1.165, 1.54) is 0 Å². The molecule has 2 nitrogen and oxygen atoms in total. The first kappa shape index (κ1) is 8.98. The highest BCUT2D eigenvalue weighted by Crippen LogP contribution is 2.02. The molecule has 0 heterocycles. The molecule has 0 aliphatic carbocycles. The standard InChI is InChI=1S/C6H13BO2/c1-8-6(9-2)4-3-5-7/h6H,3-5H2,1-2H3. The molecule has 0 N–H and O–H groups in total. The minimum Gasteiger partial charge on any atom is -0.356 e. The van der Waals surface area contributed by atoms with Gasteiger partial charge in [0.2, 0.25) is 0 Å². The average Bonchev–Trinajstić information content (AvgIpc) is 1.91. The van der Waals surface area contributed by atoms with E-state index in [2.05, 4.69) is 0 Å². The molecule has 0 aromatic carbocycles. The van der Waals surface area contributed by atoms with Crippen LogP contribution in [0.25, 0.3) is 0 Å². The number of methoxy groups -OCH3 is 2. The Morgan fingerprint density at radius 3 is 2.22 bits per heavy atom. The van der Waals surface area contributed by atoms with E-state index in [1.807, 2.05) is 0 Å². The molecule has 0 bridgehead atoms. The molecule has 0 aromatic heterocycles. The van der Waals surface area contributed by atoms with Gasteiger partial charge in [0.25, 0.3) is 0 Å². The molecule has 0 saturated heterocycles. The third kappa shape index (κ3) is 4.49. The monoisotopic (exact) mass is 128 g/mol. The van der Waals surface area contributed by atoms with Crippen LogP contribution in [0.1, 0.15) is 12.8 Å². The van der Waals surface area contributed by atoms with E-state index in [-0.39, 0.29) is 6.29 Å². The summed E-state index contributed by atoms with van der Waals surface area (Å²) in [5, 5.41) is 0. The second kappa shape index (κ2) is 6.11. The van der Waals surface area contributed by atoms with Crippen LogP contribution >= 0.6 is 0 Å². The van der Waals surface area contributed by atoms with Gasteiger partial charge in [0.05, 0.1) is 7.85 Å². The van der Waals surface area contributed by atoms with Crippen molar-refractivity contribution in [1.29, 1.82) is 0 Å². The number of hydrogen-bond acceptors (Lipinski definition) is 2. The molecule has 0 aromatic rings. The van der Waals surface area contributed by atoms with Crippen LogP contribution in [-0.2, 0) is 9.47 Å². The first-order valence-electron chi connectivity index (χ1n) is 3.10. The van der Waals surface area contributed by atoms with Gasteiger partial charge in [0.15, 0.2) is 6.29 Å². The summed E-state index contributed by atoms with van der Waals surface area (Å²) in [5.41, 5.74) is 0. The van der Waals surface area contributed by atoms with Gasteiger partial charge in [0.1, 0.15) is 0 Å². The van der Waals surface area contributed by atoms with E-state index in [0.29, 0.717) is 6.32 Å². The van der Waals surface area contributed by atoms with Crippen LogP contribution in [0.5, 0.6) is 0 Å². The highest BCUT2D eigenvalue weighted by Gasteiger charge is 2.01. The molecule has 0 saturated carbocycles. The van der Waals surface area contributed by atoms with Crippen molar-refractivity contribution >= 4 is 7.85 Å². The normalized spacial score (nSPS) is 10.6. The molecule has 0 rings (SSSR count). The first-order valence-corrected chi connectivity index (χ1v) is 3.10. The van der Waals surface area contributed by atoms with Crippen molar-refractivity contribution in [3.63, 3.8) is 0 Å². The van der Waals surface area contributed by atoms with E-state index >= 15 is 0 Å². The minimum absolute atomic E-state index is 0.0754. The fraction of sp³-hybridized carbons (Fsp3) is 1.00. The van der Waals surface area contributed by atoms with Crippen molar-refractivity contribution in [1.82, 2.24) is 0 Å². The minimum atomic E-state index is -0.0754. The van der Waals surface area contributed by atoms with Crippen LogP contribution in [-0.4, -0.2) is 28.4 Å². The molecule has 9 heavy (non-hydrogen) atoms. The summed E-state index contributed by atoms with van der Waals surface area (Å²) < 4.78 is 9.85. The lowest BCUT2D eigenvalue weighted by Gasteiger charge is -2.11. The zero-order valence-corrected chi connectivity index (χ0v) is 6.09. The van der Waals surface area contributed by atoms with Crippen LogP contribution in [0.4, 0.5) is 0 Å². The fourth-order valence-electron chi connectivity index (χ4n) is 0.616. The molecule has 0 amide bonds. The average molecular weight is 128 g/mol. The largest absolute Gasteiger partial charge is 0.356 e. The van der Waals surface area contributed by atoms with Gasteiger partial charge >= 0.3 is 0 Å². The summed E-state index contributed by atoms with van der Waals surface area (Å²) in [5.74, 6) is 0. The topological polar surface area (TPSA) is 18.5 Å². The quantitative estimate of drug-likeness (QED) is 0.405. The lowest BCUT2D eigenvalue weighted by atomic mass is 10.0. The molecule has 0 atom stereocenters. The molecule has 0 aliphatic heterocycles. The zero-order chi connectivity index (χ0) is 7.11. The van der Waals surface area contributed by atoms with Crippen molar-refractivity contribution < 1.29 is 9.47 Å². The van der Waals surface area contributed by atoms with E-state index in [0.717, 1.165) is 12.8 Å². The van der Waals surface area contributed by atoms with E-state index < -0.39 is 0 Å². The number of hydrogen-bond donors (Lipinski definition) is 0. The van der Waals surface area contributed by atoms with Crippen LogP contribution in [0.3, 0.4) is 0 Å². The van der Waals surface area contributed by atoms with Gasteiger partial charge < -0.3 is 9.47 Å². The van der Waals surface area contributed by atoms with Gasteiger partial charge in [-0.15, -0.1) is 0 Å². The Morgan fingerprint density at radius 1 is 1.33 bits per heavy atom. The number of ether oxygens (including phenoxy) is 2.